The number of benzene rings is 1. The minimum Gasteiger partial charge on any atom is -0.497 e. The highest BCUT2D eigenvalue weighted by Gasteiger charge is 2.49. The van der Waals surface area contributed by atoms with Crippen LogP contribution in [0.25, 0.3) is 0 Å². The average Bonchev–Trinajstić information content (AvgIpc) is 2.77. The minimum absolute atomic E-state index is 0.289. The molecule has 2 N–H and O–H groups in total. The largest absolute Gasteiger partial charge is 0.497 e. The van der Waals surface area contributed by atoms with Crippen LogP contribution >= 0.6 is 0 Å². The van der Waals surface area contributed by atoms with Crippen molar-refractivity contribution in [1.82, 2.24) is 15.5 Å². The van der Waals surface area contributed by atoms with Crippen molar-refractivity contribution in [2.75, 3.05) is 20.2 Å². The summed E-state index contributed by atoms with van der Waals surface area (Å²) in [5.41, 5.74) is -0.562. The zero-order valence-electron chi connectivity index (χ0n) is 14.4. The number of hydrogen-bond donors (Lipinski definition) is 2. The number of nitrogens with one attached hydrogen (secondary N) is 2. The molecule has 0 bridgehead atoms. The van der Waals surface area contributed by atoms with Gasteiger partial charge in [0.2, 0.25) is 5.91 Å². The van der Waals surface area contributed by atoms with E-state index in [0.29, 0.717) is 23.8 Å². The summed E-state index contributed by atoms with van der Waals surface area (Å²) in [6.45, 7) is 5.77. The van der Waals surface area contributed by atoms with Crippen LogP contribution in [0.5, 0.6) is 5.75 Å². The van der Waals surface area contributed by atoms with Gasteiger partial charge in [0.25, 0.3) is 5.91 Å². The van der Waals surface area contributed by atoms with E-state index in [1.54, 1.807) is 38.3 Å². The molecule has 130 valence electrons. The second-order valence-electron chi connectivity index (χ2n) is 6.37. The fourth-order valence-corrected chi connectivity index (χ4v) is 2.48. The maximum absolute atomic E-state index is 12.7. The fourth-order valence-electron chi connectivity index (χ4n) is 2.48. The van der Waals surface area contributed by atoms with E-state index in [0.717, 1.165) is 4.90 Å². The molecule has 0 saturated carbocycles. The lowest BCUT2D eigenvalue weighted by Crippen LogP contribution is -2.43. The predicted octanol–water partition coefficient (Wildman–Crippen LogP) is 1.23. The molecule has 7 heteroatoms. The van der Waals surface area contributed by atoms with Crippen LogP contribution in [0.2, 0.25) is 0 Å². The van der Waals surface area contributed by atoms with Crippen molar-refractivity contribution in [2.24, 2.45) is 5.92 Å². The van der Waals surface area contributed by atoms with E-state index in [9.17, 15) is 14.4 Å². The summed E-state index contributed by atoms with van der Waals surface area (Å²) < 4.78 is 5.10. The van der Waals surface area contributed by atoms with Crippen LogP contribution < -0.4 is 15.4 Å². The normalized spacial score (nSPS) is 20.3. The van der Waals surface area contributed by atoms with Crippen LogP contribution in [0.4, 0.5) is 4.79 Å². The molecular formula is C17H23N3O4. The van der Waals surface area contributed by atoms with E-state index in [-0.39, 0.29) is 12.5 Å². The predicted molar refractivity (Wildman–Crippen MR) is 88.4 cm³/mol. The lowest BCUT2D eigenvalue weighted by Gasteiger charge is -2.22. The van der Waals surface area contributed by atoms with E-state index in [1.807, 2.05) is 13.8 Å². The molecule has 1 atom stereocenters. The monoisotopic (exact) mass is 333 g/mol. The van der Waals surface area contributed by atoms with E-state index in [2.05, 4.69) is 10.6 Å². The molecule has 1 aromatic rings. The number of amides is 4. The first kappa shape index (κ1) is 17.8. The van der Waals surface area contributed by atoms with E-state index in [1.165, 1.54) is 0 Å². The van der Waals surface area contributed by atoms with Gasteiger partial charge in [0.1, 0.15) is 17.8 Å². The van der Waals surface area contributed by atoms with E-state index in [4.69, 9.17) is 4.74 Å². The molecule has 1 saturated heterocycles. The average molecular weight is 333 g/mol. The summed E-state index contributed by atoms with van der Waals surface area (Å²) in [5, 5.41) is 5.37. The Labute approximate surface area is 141 Å². The molecule has 1 aromatic carbocycles. The molecule has 1 aliphatic rings. The van der Waals surface area contributed by atoms with Crippen molar-refractivity contribution in [3.05, 3.63) is 29.8 Å². The Hall–Kier alpha value is -2.57. The molecule has 24 heavy (non-hydrogen) atoms. The second kappa shape index (κ2) is 6.90. The number of carbonyl (C=O) groups is 3. The van der Waals surface area contributed by atoms with Gasteiger partial charge in [-0.15, -0.1) is 0 Å². The van der Waals surface area contributed by atoms with Crippen LogP contribution in [-0.2, 0) is 15.1 Å². The zero-order valence-corrected chi connectivity index (χ0v) is 14.4. The van der Waals surface area contributed by atoms with Crippen LogP contribution in [0, 0.1) is 5.92 Å². The van der Waals surface area contributed by atoms with Crippen molar-refractivity contribution in [3.8, 4) is 5.75 Å². The minimum atomic E-state index is -1.19. The molecule has 0 aromatic heterocycles. The van der Waals surface area contributed by atoms with Crippen molar-refractivity contribution < 1.29 is 19.1 Å². The van der Waals surface area contributed by atoms with Crippen LogP contribution in [0.3, 0.4) is 0 Å². The van der Waals surface area contributed by atoms with Gasteiger partial charge in [-0.25, -0.2) is 4.79 Å². The number of urea groups is 1. The summed E-state index contributed by atoms with van der Waals surface area (Å²) in [6, 6.07) is 6.31. The van der Waals surface area contributed by atoms with Gasteiger partial charge in [-0.3, -0.25) is 14.5 Å². The fraction of sp³-hybridized carbons (Fsp3) is 0.471. The lowest BCUT2D eigenvalue weighted by atomic mass is 9.92. The van der Waals surface area contributed by atoms with Gasteiger partial charge in [0.05, 0.1) is 7.11 Å². The molecular weight excluding hydrogens is 310 g/mol. The summed E-state index contributed by atoms with van der Waals surface area (Å²) in [6.07, 6.45) is 0. The highest BCUT2D eigenvalue weighted by molar-refractivity contribution is 6.09. The van der Waals surface area contributed by atoms with Gasteiger partial charge >= 0.3 is 6.03 Å². The van der Waals surface area contributed by atoms with Gasteiger partial charge in [0.15, 0.2) is 0 Å². The third-order valence-corrected chi connectivity index (χ3v) is 3.95. The summed E-state index contributed by atoms with van der Waals surface area (Å²) in [7, 11) is 1.55. The smallest absolute Gasteiger partial charge is 0.325 e. The lowest BCUT2D eigenvalue weighted by molar-refractivity contribution is -0.134. The first-order valence-electron chi connectivity index (χ1n) is 7.83. The second-order valence-corrected chi connectivity index (χ2v) is 6.37. The molecule has 0 aliphatic carbocycles. The van der Waals surface area contributed by atoms with Crippen LogP contribution in [0.15, 0.2) is 24.3 Å². The number of imide groups is 1. The molecule has 0 radical (unpaired) electrons. The molecule has 0 unspecified atom stereocenters. The first-order chi connectivity index (χ1) is 11.3. The number of nitrogens with zero attached hydrogens (tertiary/aromatic N) is 1. The number of methoxy groups -OCH3 is 1. The third kappa shape index (κ3) is 3.50. The Kier molecular flexibility index (Phi) is 5.11. The highest BCUT2D eigenvalue weighted by Crippen LogP contribution is 2.29. The topological polar surface area (TPSA) is 87.7 Å². The third-order valence-electron chi connectivity index (χ3n) is 3.95. The van der Waals surface area contributed by atoms with E-state index >= 15 is 0 Å². The van der Waals surface area contributed by atoms with Crippen molar-refractivity contribution >= 4 is 17.8 Å². The van der Waals surface area contributed by atoms with E-state index < -0.39 is 17.5 Å². The van der Waals surface area contributed by atoms with Gasteiger partial charge in [-0.1, -0.05) is 26.0 Å². The zero-order chi connectivity index (χ0) is 17.9. The SMILES string of the molecule is COc1ccc([C@@]2(C)NC(=O)N(CC(=O)NCC(C)C)C2=O)cc1. The van der Waals surface area contributed by atoms with Crippen molar-refractivity contribution in [2.45, 2.75) is 26.3 Å². The number of rotatable bonds is 6. The molecule has 1 aliphatic heterocycles. The van der Waals surface area contributed by atoms with Crippen molar-refractivity contribution in [3.63, 3.8) is 0 Å². The quantitative estimate of drug-likeness (QED) is 0.767. The summed E-state index contributed by atoms with van der Waals surface area (Å²) >= 11 is 0. The van der Waals surface area contributed by atoms with Gasteiger partial charge in [-0.2, -0.15) is 0 Å². The summed E-state index contributed by atoms with van der Waals surface area (Å²) in [4.78, 5) is 37.7. The number of hydrogen-bond acceptors (Lipinski definition) is 4. The Bertz CT molecular complexity index is 642. The maximum Gasteiger partial charge on any atom is 0.325 e. The van der Waals surface area contributed by atoms with Gasteiger partial charge in [-0.05, 0) is 30.5 Å². The highest BCUT2D eigenvalue weighted by atomic mass is 16.5. The molecule has 0 spiro atoms. The Morgan fingerprint density at radius 3 is 2.46 bits per heavy atom. The van der Waals surface area contributed by atoms with Gasteiger partial charge < -0.3 is 15.4 Å². The van der Waals surface area contributed by atoms with Crippen molar-refractivity contribution in [1.29, 1.82) is 0 Å². The molecule has 4 amide bonds. The maximum atomic E-state index is 12.7. The first-order valence-corrected chi connectivity index (χ1v) is 7.83. The molecule has 2 rings (SSSR count). The Morgan fingerprint density at radius 1 is 1.29 bits per heavy atom. The standard InChI is InChI=1S/C17H23N3O4/c1-11(2)9-18-14(21)10-20-15(22)17(3,19-16(20)23)12-5-7-13(24-4)8-6-12/h5-8,11H,9-10H2,1-4H3,(H,18,21)(H,19,23)/t17-/m1/s1. The van der Waals surface area contributed by atoms with Crippen LogP contribution in [-0.4, -0.2) is 42.9 Å². The molecule has 7 nitrogen and oxygen atoms in total. The summed E-state index contributed by atoms with van der Waals surface area (Å²) in [5.74, 6) is 0.147. The number of ether oxygens (including phenoxy) is 1. The Balaban J connectivity index is 2.13. The van der Waals surface area contributed by atoms with Crippen LogP contribution in [0.1, 0.15) is 26.3 Å². The Morgan fingerprint density at radius 2 is 1.92 bits per heavy atom. The van der Waals surface area contributed by atoms with Gasteiger partial charge in [0, 0.05) is 6.54 Å². The molecule has 1 fully saturated rings. The number of carbonyl (C=O) groups excluding carboxylic acids is 3. The molecule has 1 heterocycles.